The van der Waals surface area contributed by atoms with Crippen LogP contribution in [0.4, 0.5) is 0 Å². The molecule has 32 heavy (non-hydrogen) atoms. The Balaban J connectivity index is 1.40. The number of carbonyl (C=O) groups is 1. The number of carbonyl (C=O) groups excluding carboxylic acids is 1. The third-order valence-electron chi connectivity index (χ3n) is 6.96. The van der Waals surface area contributed by atoms with E-state index in [0.29, 0.717) is 37.7 Å². The first kappa shape index (κ1) is 23.7. The number of hydrogen-bond donors (Lipinski definition) is 0. The molecule has 7 nitrogen and oxygen atoms in total. The summed E-state index contributed by atoms with van der Waals surface area (Å²) in [7, 11) is -3.65. The van der Waals surface area contributed by atoms with Gasteiger partial charge in [0.05, 0.1) is 22.7 Å². The van der Waals surface area contributed by atoms with Crippen LogP contribution >= 0.6 is 0 Å². The fourth-order valence-electron chi connectivity index (χ4n) is 5.40. The highest BCUT2D eigenvalue weighted by Gasteiger charge is 2.33. The normalized spacial score (nSPS) is 26.9. The number of piperidine rings is 2. The Labute approximate surface area is 192 Å². The van der Waals surface area contributed by atoms with E-state index in [9.17, 15) is 13.2 Å². The smallest absolute Gasteiger partial charge is 0.255 e. The second-order valence-corrected chi connectivity index (χ2v) is 11.6. The molecule has 3 aliphatic heterocycles. The molecule has 0 spiro atoms. The summed E-state index contributed by atoms with van der Waals surface area (Å²) in [5, 5.41) is 0. The van der Waals surface area contributed by atoms with Crippen LogP contribution in [0.3, 0.4) is 0 Å². The molecule has 3 fully saturated rings. The maximum Gasteiger partial charge on any atom is 0.255 e. The van der Waals surface area contributed by atoms with Gasteiger partial charge in [-0.3, -0.25) is 9.69 Å². The Morgan fingerprint density at radius 3 is 2.25 bits per heavy atom. The van der Waals surface area contributed by atoms with Crippen molar-refractivity contribution < 1.29 is 17.9 Å². The van der Waals surface area contributed by atoms with Crippen molar-refractivity contribution in [3.8, 4) is 0 Å². The van der Waals surface area contributed by atoms with E-state index in [1.807, 2.05) is 4.90 Å². The molecular formula is C24H37N3O4S. The predicted molar refractivity (Wildman–Crippen MR) is 124 cm³/mol. The van der Waals surface area contributed by atoms with Crippen LogP contribution in [0.15, 0.2) is 29.2 Å². The number of sulfonamides is 1. The van der Waals surface area contributed by atoms with Crippen LogP contribution in [0, 0.1) is 5.92 Å². The molecule has 0 saturated carbocycles. The molecule has 0 N–H and O–H groups in total. The van der Waals surface area contributed by atoms with Crippen LogP contribution in [0.2, 0.25) is 0 Å². The average Bonchev–Trinajstić information content (AvgIpc) is 2.79. The summed E-state index contributed by atoms with van der Waals surface area (Å²) in [4.78, 5) is 17.8. The van der Waals surface area contributed by atoms with Crippen molar-refractivity contribution in [1.82, 2.24) is 14.1 Å². The first-order valence-electron chi connectivity index (χ1n) is 12.1. The first-order chi connectivity index (χ1) is 15.3. The maximum absolute atomic E-state index is 13.3. The van der Waals surface area contributed by atoms with Crippen molar-refractivity contribution in [2.45, 2.75) is 63.1 Å². The van der Waals surface area contributed by atoms with Crippen molar-refractivity contribution in [3.63, 3.8) is 0 Å². The molecule has 3 heterocycles. The lowest BCUT2D eigenvalue weighted by atomic mass is 9.95. The zero-order valence-electron chi connectivity index (χ0n) is 19.4. The van der Waals surface area contributed by atoms with Crippen LogP contribution in [-0.2, 0) is 14.8 Å². The van der Waals surface area contributed by atoms with Crippen molar-refractivity contribution >= 4 is 15.9 Å². The summed E-state index contributed by atoms with van der Waals surface area (Å²) in [6, 6.07) is 6.73. The summed E-state index contributed by atoms with van der Waals surface area (Å²) >= 11 is 0. The molecule has 3 saturated heterocycles. The SMILES string of the molecule is CC1CN(CC2CCN(C(=O)c3ccccc3S(=O)(=O)N3CCCCC3)CC2)CC(C)O1. The Morgan fingerprint density at radius 1 is 0.969 bits per heavy atom. The van der Waals surface area contributed by atoms with Gasteiger partial charge < -0.3 is 9.64 Å². The van der Waals surface area contributed by atoms with Crippen molar-refractivity contribution in [2.75, 3.05) is 45.8 Å². The molecule has 4 rings (SSSR count). The minimum Gasteiger partial charge on any atom is -0.373 e. The topological polar surface area (TPSA) is 70.2 Å². The standard InChI is InChI=1S/C24H37N3O4S/c1-19-16-25(17-20(2)31-19)18-21-10-14-26(15-11-21)24(28)22-8-4-5-9-23(22)32(29,30)27-12-6-3-7-13-27/h4-5,8-9,19-21H,3,6-7,10-18H2,1-2H3. The molecule has 0 bridgehead atoms. The Kier molecular flexibility index (Phi) is 7.54. The number of morpholine rings is 1. The van der Waals surface area contributed by atoms with Gasteiger partial charge in [-0.1, -0.05) is 18.6 Å². The van der Waals surface area contributed by atoms with Crippen LogP contribution in [-0.4, -0.2) is 86.5 Å². The minimum atomic E-state index is -3.65. The monoisotopic (exact) mass is 463 g/mol. The van der Waals surface area contributed by atoms with E-state index in [4.69, 9.17) is 4.74 Å². The second kappa shape index (κ2) is 10.2. The fourth-order valence-corrected chi connectivity index (χ4v) is 7.10. The first-order valence-corrected chi connectivity index (χ1v) is 13.5. The highest BCUT2D eigenvalue weighted by molar-refractivity contribution is 7.89. The van der Waals surface area contributed by atoms with Crippen LogP contribution in [0.1, 0.15) is 56.3 Å². The Morgan fingerprint density at radius 2 is 1.59 bits per heavy atom. The zero-order valence-corrected chi connectivity index (χ0v) is 20.2. The quantitative estimate of drug-likeness (QED) is 0.672. The molecule has 3 aliphatic rings. The Bertz CT molecular complexity index is 882. The van der Waals surface area contributed by atoms with Crippen molar-refractivity contribution in [3.05, 3.63) is 29.8 Å². The number of nitrogens with zero attached hydrogens (tertiary/aromatic N) is 3. The van der Waals surface area contributed by atoms with E-state index in [1.165, 1.54) is 0 Å². The molecular weight excluding hydrogens is 426 g/mol. The van der Waals surface area contributed by atoms with Gasteiger partial charge in [-0.25, -0.2) is 8.42 Å². The summed E-state index contributed by atoms with van der Waals surface area (Å²) < 4.78 is 33.9. The van der Waals surface area contributed by atoms with Gasteiger partial charge in [-0.15, -0.1) is 0 Å². The number of rotatable bonds is 5. The predicted octanol–water partition coefficient (Wildman–Crippen LogP) is 2.82. The maximum atomic E-state index is 13.3. The van der Waals surface area contributed by atoms with Gasteiger partial charge in [-0.05, 0) is 57.6 Å². The summed E-state index contributed by atoms with van der Waals surface area (Å²) in [6.45, 7) is 9.65. The van der Waals surface area contributed by atoms with Gasteiger partial charge in [0.1, 0.15) is 0 Å². The lowest BCUT2D eigenvalue weighted by Crippen LogP contribution is -2.48. The van der Waals surface area contributed by atoms with E-state index >= 15 is 0 Å². The van der Waals surface area contributed by atoms with Crippen LogP contribution < -0.4 is 0 Å². The third kappa shape index (κ3) is 5.35. The molecule has 0 radical (unpaired) electrons. The number of hydrogen-bond acceptors (Lipinski definition) is 5. The average molecular weight is 464 g/mol. The molecule has 178 valence electrons. The van der Waals surface area contributed by atoms with Gasteiger partial charge >= 0.3 is 0 Å². The van der Waals surface area contributed by atoms with E-state index in [1.54, 1.807) is 28.6 Å². The highest BCUT2D eigenvalue weighted by atomic mass is 32.2. The summed E-state index contributed by atoms with van der Waals surface area (Å²) in [5.41, 5.74) is 0.312. The largest absolute Gasteiger partial charge is 0.373 e. The molecule has 0 aromatic heterocycles. The zero-order chi connectivity index (χ0) is 22.7. The molecule has 0 aliphatic carbocycles. The van der Waals surface area contributed by atoms with E-state index in [-0.39, 0.29) is 23.0 Å². The lowest BCUT2D eigenvalue weighted by Gasteiger charge is -2.39. The second-order valence-electron chi connectivity index (χ2n) is 9.67. The lowest BCUT2D eigenvalue weighted by molar-refractivity contribution is -0.0728. The summed E-state index contributed by atoms with van der Waals surface area (Å²) in [6.07, 6.45) is 5.24. The van der Waals surface area contributed by atoms with Gasteiger partial charge in [0, 0.05) is 45.8 Å². The van der Waals surface area contributed by atoms with E-state index in [2.05, 4.69) is 18.7 Å². The molecule has 2 unspecified atom stereocenters. The van der Waals surface area contributed by atoms with E-state index in [0.717, 1.165) is 51.7 Å². The fraction of sp³-hybridized carbons (Fsp3) is 0.708. The summed E-state index contributed by atoms with van der Waals surface area (Å²) in [5.74, 6) is 0.400. The highest BCUT2D eigenvalue weighted by Crippen LogP contribution is 2.27. The van der Waals surface area contributed by atoms with Gasteiger partial charge in [0.25, 0.3) is 5.91 Å². The Hall–Kier alpha value is -1.48. The van der Waals surface area contributed by atoms with Gasteiger partial charge in [0.15, 0.2) is 0 Å². The number of benzene rings is 1. The number of amides is 1. The van der Waals surface area contributed by atoms with Crippen molar-refractivity contribution in [1.29, 1.82) is 0 Å². The molecule has 1 amide bonds. The number of likely N-dealkylation sites (tertiary alicyclic amines) is 1. The molecule has 8 heteroatoms. The molecule has 1 aromatic rings. The van der Waals surface area contributed by atoms with Crippen LogP contribution in [0.25, 0.3) is 0 Å². The van der Waals surface area contributed by atoms with E-state index < -0.39 is 10.0 Å². The molecule has 1 aromatic carbocycles. The number of ether oxygens (including phenoxy) is 1. The minimum absolute atomic E-state index is 0.158. The van der Waals surface area contributed by atoms with Crippen LogP contribution in [0.5, 0.6) is 0 Å². The third-order valence-corrected chi connectivity index (χ3v) is 8.92. The van der Waals surface area contributed by atoms with Gasteiger partial charge in [0.2, 0.25) is 10.0 Å². The van der Waals surface area contributed by atoms with Gasteiger partial charge in [-0.2, -0.15) is 4.31 Å². The molecule has 2 atom stereocenters. The van der Waals surface area contributed by atoms with Crippen molar-refractivity contribution in [2.24, 2.45) is 5.92 Å².